The molecule has 182 valence electrons. The lowest BCUT2D eigenvalue weighted by Crippen LogP contribution is -2.44. The van der Waals surface area contributed by atoms with Crippen molar-refractivity contribution in [3.05, 3.63) is 42.0 Å². The summed E-state index contributed by atoms with van der Waals surface area (Å²) in [5.41, 5.74) is 2.23. The first kappa shape index (κ1) is 24.1. The Labute approximate surface area is 199 Å². The molecule has 0 aliphatic carbocycles. The Balaban J connectivity index is 1.43. The van der Waals surface area contributed by atoms with Crippen molar-refractivity contribution in [2.24, 2.45) is 0 Å². The van der Waals surface area contributed by atoms with Crippen molar-refractivity contribution in [1.29, 1.82) is 0 Å². The van der Waals surface area contributed by atoms with E-state index < -0.39 is 15.4 Å². The average Bonchev–Trinajstić information content (AvgIpc) is 3.17. The number of aryl methyl sites for hydroxylation is 1. The van der Waals surface area contributed by atoms with Gasteiger partial charge in [-0.3, -0.25) is 0 Å². The van der Waals surface area contributed by atoms with Crippen molar-refractivity contribution in [2.45, 2.75) is 57.1 Å². The van der Waals surface area contributed by atoms with Gasteiger partial charge in [0, 0.05) is 37.8 Å². The van der Waals surface area contributed by atoms with Gasteiger partial charge in [0.15, 0.2) is 15.4 Å². The minimum absolute atomic E-state index is 0.0157. The number of oxazole rings is 1. The minimum Gasteiger partial charge on any atom is -0.490 e. The number of carbonyl (C=O) groups is 1. The van der Waals surface area contributed by atoms with Crippen LogP contribution >= 0.6 is 0 Å². The molecule has 0 atom stereocenters. The van der Waals surface area contributed by atoms with E-state index in [-0.39, 0.29) is 17.1 Å². The number of ether oxygens (including phenoxy) is 2. The maximum absolute atomic E-state index is 12.3. The molecule has 1 aliphatic rings. The number of carbonyl (C=O) groups excluding carboxylic acids is 1. The average molecular weight is 487 g/mol. The Hall–Kier alpha value is -3.07. The number of fused-ring (bicyclic) bond motifs is 1. The Kier molecular flexibility index (Phi) is 6.33. The molecule has 1 fully saturated rings. The predicted octanol–water partition coefficient (Wildman–Crippen LogP) is 4.99. The van der Waals surface area contributed by atoms with Crippen LogP contribution in [0.5, 0.6) is 5.75 Å². The second kappa shape index (κ2) is 8.94. The Morgan fingerprint density at radius 3 is 2.44 bits per heavy atom. The first-order valence-electron chi connectivity index (χ1n) is 11.3. The summed E-state index contributed by atoms with van der Waals surface area (Å²) in [7, 11) is -3.32. The number of sulfone groups is 1. The van der Waals surface area contributed by atoms with Crippen LogP contribution in [0.2, 0.25) is 0 Å². The number of piperidine rings is 1. The normalized spacial score (nSPS) is 15.5. The summed E-state index contributed by atoms with van der Waals surface area (Å²) in [5, 5.41) is 0. The topological polar surface area (TPSA) is 98.9 Å². The molecule has 34 heavy (non-hydrogen) atoms. The summed E-state index contributed by atoms with van der Waals surface area (Å²) in [6.45, 7) is 8.73. The van der Waals surface area contributed by atoms with Crippen molar-refractivity contribution in [3.8, 4) is 17.2 Å². The third-order valence-electron chi connectivity index (χ3n) is 5.60. The van der Waals surface area contributed by atoms with Gasteiger partial charge in [-0.1, -0.05) is 0 Å². The van der Waals surface area contributed by atoms with Gasteiger partial charge < -0.3 is 18.8 Å². The Morgan fingerprint density at radius 1 is 1.12 bits per heavy atom. The highest BCUT2D eigenvalue weighted by atomic mass is 32.2. The van der Waals surface area contributed by atoms with E-state index in [4.69, 9.17) is 13.9 Å². The fraction of sp³-hybridized carbons (Fsp3) is 0.440. The summed E-state index contributed by atoms with van der Waals surface area (Å²) in [6, 6.07) is 10.4. The van der Waals surface area contributed by atoms with E-state index >= 15 is 0 Å². The third kappa shape index (κ3) is 5.52. The third-order valence-corrected chi connectivity index (χ3v) is 6.71. The number of nitrogens with zero attached hydrogens (tertiary/aromatic N) is 2. The van der Waals surface area contributed by atoms with Crippen LogP contribution in [-0.4, -0.2) is 55.4 Å². The standard InChI is InChI=1S/C25H30N2O6S/c1-16-14-17(23-26-20-15-19(34(5,29)30)7-9-22(20)32-23)6-8-21(16)31-18-10-12-27(13-11-18)24(28)33-25(2,3)4/h6-9,14-15,18H,10-13H2,1-5H3. The fourth-order valence-corrected chi connectivity index (χ4v) is 4.48. The summed E-state index contributed by atoms with van der Waals surface area (Å²) in [5.74, 6) is 1.19. The molecule has 8 nitrogen and oxygen atoms in total. The molecule has 1 aromatic heterocycles. The summed E-state index contributed by atoms with van der Waals surface area (Å²) in [4.78, 5) is 18.7. The number of hydrogen-bond donors (Lipinski definition) is 0. The number of rotatable bonds is 4. The molecule has 3 aromatic rings. The molecular weight excluding hydrogens is 456 g/mol. The summed E-state index contributed by atoms with van der Waals surface area (Å²) in [6.07, 6.45) is 2.36. The van der Waals surface area contributed by atoms with Crippen molar-refractivity contribution >= 4 is 27.0 Å². The van der Waals surface area contributed by atoms with Crippen LogP contribution in [0.1, 0.15) is 39.2 Å². The van der Waals surface area contributed by atoms with Gasteiger partial charge in [0.25, 0.3) is 0 Å². The second-order valence-corrected chi connectivity index (χ2v) is 11.7. The molecule has 0 bridgehead atoms. The largest absolute Gasteiger partial charge is 0.490 e. The van der Waals surface area contributed by atoms with Gasteiger partial charge in [-0.25, -0.2) is 18.2 Å². The van der Waals surface area contributed by atoms with E-state index in [0.29, 0.717) is 30.1 Å². The second-order valence-electron chi connectivity index (χ2n) is 9.69. The molecule has 2 aromatic carbocycles. The Bertz CT molecular complexity index is 1310. The van der Waals surface area contributed by atoms with Crippen LogP contribution in [0, 0.1) is 6.92 Å². The quantitative estimate of drug-likeness (QED) is 0.512. The van der Waals surface area contributed by atoms with E-state index in [9.17, 15) is 13.2 Å². The Morgan fingerprint density at radius 2 is 1.82 bits per heavy atom. The number of aromatic nitrogens is 1. The molecule has 1 saturated heterocycles. The van der Waals surface area contributed by atoms with Gasteiger partial charge in [-0.2, -0.15) is 0 Å². The molecule has 0 spiro atoms. The summed E-state index contributed by atoms with van der Waals surface area (Å²) >= 11 is 0. The zero-order chi connectivity index (χ0) is 24.7. The molecule has 0 N–H and O–H groups in total. The van der Waals surface area contributed by atoms with Gasteiger partial charge in [0.05, 0.1) is 4.90 Å². The van der Waals surface area contributed by atoms with Crippen molar-refractivity contribution in [1.82, 2.24) is 9.88 Å². The predicted molar refractivity (Wildman–Crippen MR) is 129 cm³/mol. The van der Waals surface area contributed by atoms with E-state index in [0.717, 1.165) is 29.7 Å². The van der Waals surface area contributed by atoms with E-state index in [1.807, 2.05) is 45.9 Å². The van der Waals surface area contributed by atoms with Gasteiger partial charge in [-0.05, 0) is 69.7 Å². The maximum Gasteiger partial charge on any atom is 0.410 e. The van der Waals surface area contributed by atoms with Crippen molar-refractivity contribution in [2.75, 3.05) is 19.3 Å². The first-order chi connectivity index (χ1) is 15.9. The molecular formula is C25H30N2O6S. The van der Waals surface area contributed by atoms with Crippen LogP contribution in [-0.2, 0) is 14.6 Å². The van der Waals surface area contributed by atoms with Crippen LogP contribution in [0.25, 0.3) is 22.6 Å². The maximum atomic E-state index is 12.3. The van der Waals surface area contributed by atoms with Crippen molar-refractivity contribution in [3.63, 3.8) is 0 Å². The number of hydrogen-bond acceptors (Lipinski definition) is 7. The molecule has 0 saturated carbocycles. The highest BCUT2D eigenvalue weighted by Gasteiger charge is 2.28. The van der Waals surface area contributed by atoms with Gasteiger partial charge in [-0.15, -0.1) is 0 Å². The van der Waals surface area contributed by atoms with Crippen LogP contribution in [0.15, 0.2) is 45.7 Å². The molecule has 1 amide bonds. The minimum atomic E-state index is -3.32. The molecule has 0 unspecified atom stereocenters. The van der Waals surface area contributed by atoms with E-state index in [1.165, 1.54) is 18.4 Å². The number of likely N-dealkylation sites (tertiary alicyclic amines) is 1. The van der Waals surface area contributed by atoms with Crippen molar-refractivity contribution < 1.29 is 27.1 Å². The summed E-state index contributed by atoms with van der Waals surface area (Å²) < 4.78 is 41.1. The van der Waals surface area contributed by atoms with Crippen LogP contribution in [0.4, 0.5) is 4.79 Å². The highest BCUT2D eigenvalue weighted by Crippen LogP contribution is 2.31. The zero-order valence-electron chi connectivity index (χ0n) is 20.1. The van der Waals surface area contributed by atoms with Gasteiger partial charge in [0.1, 0.15) is 23.0 Å². The highest BCUT2D eigenvalue weighted by molar-refractivity contribution is 7.90. The molecule has 2 heterocycles. The molecule has 1 aliphatic heterocycles. The lowest BCUT2D eigenvalue weighted by molar-refractivity contribution is 0.0126. The molecule has 0 radical (unpaired) electrons. The lowest BCUT2D eigenvalue weighted by Gasteiger charge is -2.33. The smallest absolute Gasteiger partial charge is 0.410 e. The first-order valence-corrected chi connectivity index (χ1v) is 13.1. The number of amides is 1. The lowest BCUT2D eigenvalue weighted by atomic mass is 10.1. The van der Waals surface area contributed by atoms with Gasteiger partial charge in [0.2, 0.25) is 5.89 Å². The van der Waals surface area contributed by atoms with E-state index in [1.54, 1.807) is 11.0 Å². The monoisotopic (exact) mass is 486 g/mol. The van der Waals surface area contributed by atoms with Crippen LogP contribution in [0.3, 0.4) is 0 Å². The molecule has 9 heteroatoms. The molecule has 4 rings (SSSR count). The van der Waals surface area contributed by atoms with E-state index in [2.05, 4.69) is 4.98 Å². The fourth-order valence-electron chi connectivity index (χ4n) is 3.84. The zero-order valence-corrected chi connectivity index (χ0v) is 20.9. The SMILES string of the molecule is Cc1cc(-c2nc3cc(S(C)(=O)=O)ccc3o2)ccc1OC1CCN(C(=O)OC(C)(C)C)CC1. The number of benzene rings is 2. The van der Waals surface area contributed by atoms with Gasteiger partial charge >= 0.3 is 6.09 Å². The van der Waals surface area contributed by atoms with Crippen LogP contribution < -0.4 is 4.74 Å².